The van der Waals surface area contributed by atoms with E-state index in [9.17, 15) is 4.79 Å². The molecule has 1 rings (SSSR count). The summed E-state index contributed by atoms with van der Waals surface area (Å²) in [6.07, 6.45) is 0. The number of nitrogens with zero attached hydrogens (tertiary/aromatic N) is 2. The molecule has 0 saturated carbocycles. The van der Waals surface area contributed by atoms with E-state index in [1.807, 2.05) is 25.1 Å². The SMILES string of the molecule is CCNC(=NCC(=O)N(C)C)NC(C)c1ccccc1Br.I. The third kappa shape index (κ3) is 6.95. The lowest BCUT2D eigenvalue weighted by Gasteiger charge is -2.19. The Hall–Kier alpha value is -0.830. The van der Waals surface area contributed by atoms with Crippen molar-refractivity contribution in [2.45, 2.75) is 19.9 Å². The van der Waals surface area contributed by atoms with E-state index in [-0.39, 0.29) is 42.5 Å². The van der Waals surface area contributed by atoms with Crippen molar-refractivity contribution < 1.29 is 4.79 Å². The summed E-state index contributed by atoms with van der Waals surface area (Å²) in [6.45, 7) is 4.92. The first-order chi connectivity index (χ1) is 9.95. The minimum Gasteiger partial charge on any atom is -0.357 e. The Balaban J connectivity index is 0.00000441. The molecule has 0 heterocycles. The van der Waals surface area contributed by atoms with Crippen LogP contribution >= 0.6 is 39.9 Å². The van der Waals surface area contributed by atoms with Gasteiger partial charge in [-0.2, -0.15) is 0 Å². The molecule has 0 fully saturated rings. The van der Waals surface area contributed by atoms with Gasteiger partial charge in [0.1, 0.15) is 6.54 Å². The summed E-state index contributed by atoms with van der Waals surface area (Å²) in [5, 5.41) is 6.46. The summed E-state index contributed by atoms with van der Waals surface area (Å²) in [6, 6.07) is 8.12. The van der Waals surface area contributed by atoms with E-state index in [1.54, 1.807) is 14.1 Å². The minimum absolute atomic E-state index is 0. The number of carbonyl (C=O) groups excluding carboxylic acids is 1. The van der Waals surface area contributed by atoms with Crippen molar-refractivity contribution in [1.82, 2.24) is 15.5 Å². The molecule has 0 aliphatic rings. The Labute approximate surface area is 158 Å². The standard InChI is InChI=1S/C15H23BrN4O.HI/c1-5-17-15(18-10-14(21)20(3)4)19-11(2)12-8-6-7-9-13(12)16;/h6-9,11H,5,10H2,1-4H3,(H2,17,18,19);1H. The van der Waals surface area contributed by atoms with Crippen LogP contribution in [-0.2, 0) is 4.79 Å². The first-order valence-electron chi connectivity index (χ1n) is 6.95. The van der Waals surface area contributed by atoms with Crippen LogP contribution in [0.3, 0.4) is 0 Å². The number of halogens is 2. The highest BCUT2D eigenvalue weighted by Gasteiger charge is 2.11. The average Bonchev–Trinajstić information content (AvgIpc) is 2.44. The zero-order valence-electron chi connectivity index (χ0n) is 13.4. The number of benzene rings is 1. The van der Waals surface area contributed by atoms with Crippen LogP contribution in [0.4, 0.5) is 0 Å². The van der Waals surface area contributed by atoms with Crippen LogP contribution in [-0.4, -0.2) is 44.0 Å². The van der Waals surface area contributed by atoms with E-state index in [2.05, 4.69) is 44.5 Å². The summed E-state index contributed by atoms with van der Waals surface area (Å²) in [5.74, 6) is 0.608. The molecule has 22 heavy (non-hydrogen) atoms. The second-order valence-corrected chi connectivity index (χ2v) is 5.73. The molecule has 0 bridgehead atoms. The molecular weight excluding hydrogens is 459 g/mol. The fourth-order valence-corrected chi connectivity index (χ4v) is 2.35. The molecule has 0 spiro atoms. The molecule has 5 nitrogen and oxygen atoms in total. The van der Waals surface area contributed by atoms with Crippen LogP contribution in [0.25, 0.3) is 0 Å². The van der Waals surface area contributed by atoms with Crippen molar-refractivity contribution >= 4 is 51.8 Å². The molecule has 1 aromatic carbocycles. The lowest BCUT2D eigenvalue weighted by molar-refractivity contribution is -0.127. The largest absolute Gasteiger partial charge is 0.357 e. The maximum atomic E-state index is 11.6. The van der Waals surface area contributed by atoms with Crippen molar-refractivity contribution in [3.63, 3.8) is 0 Å². The van der Waals surface area contributed by atoms with Crippen molar-refractivity contribution in [2.24, 2.45) is 4.99 Å². The van der Waals surface area contributed by atoms with Gasteiger partial charge in [-0.05, 0) is 25.5 Å². The molecule has 0 aliphatic carbocycles. The van der Waals surface area contributed by atoms with Crippen molar-refractivity contribution in [3.8, 4) is 0 Å². The normalized spacial score (nSPS) is 12.1. The second kappa shape index (κ2) is 10.8. The highest BCUT2D eigenvalue weighted by molar-refractivity contribution is 14.0. The van der Waals surface area contributed by atoms with Gasteiger partial charge in [-0.3, -0.25) is 4.79 Å². The fraction of sp³-hybridized carbons (Fsp3) is 0.467. The van der Waals surface area contributed by atoms with Gasteiger partial charge >= 0.3 is 0 Å². The van der Waals surface area contributed by atoms with Gasteiger partial charge in [0.05, 0.1) is 6.04 Å². The first-order valence-corrected chi connectivity index (χ1v) is 7.74. The molecule has 1 unspecified atom stereocenters. The molecule has 124 valence electrons. The van der Waals surface area contributed by atoms with Gasteiger partial charge in [-0.25, -0.2) is 4.99 Å². The summed E-state index contributed by atoms with van der Waals surface area (Å²) in [7, 11) is 3.45. The maximum absolute atomic E-state index is 11.6. The average molecular weight is 483 g/mol. The molecule has 0 aliphatic heterocycles. The summed E-state index contributed by atoms with van der Waals surface area (Å²) in [4.78, 5) is 17.5. The summed E-state index contributed by atoms with van der Waals surface area (Å²) >= 11 is 3.55. The smallest absolute Gasteiger partial charge is 0.243 e. The lowest BCUT2D eigenvalue weighted by atomic mass is 10.1. The number of carbonyl (C=O) groups is 1. The predicted octanol–water partition coefficient (Wildman–Crippen LogP) is 2.77. The van der Waals surface area contributed by atoms with Crippen LogP contribution in [0.15, 0.2) is 33.7 Å². The predicted molar refractivity (Wildman–Crippen MR) is 106 cm³/mol. The Morgan fingerprint density at radius 2 is 2.00 bits per heavy atom. The van der Waals surface area contributed by atoms with E-state index in [0.29, 0.717) is 5.96 Å². The third-order valence-electron chi connectivity index (χ3n) is 2.94. The molecule has 2 N–H and O–H groups in total. The highest BCUT2D eigenvalue weighted by Crippen LogP contribution is 2.22. The van der Waals surface area contributed by atoms with Gasteiger partial charge in [-0.1, -0.05) is 34.1 Å². The van der Waals surface area contributed by atoms with Crippen molar-refractivity contribution in [3.05, 3.63) is 34.3 Å². The lowest BCUT2D eigenvalue weighted by Crippen LogP contribution is -2.39. The Morgan fingerprint density at radius 3 is 2.55 bits per heavy atom. The number of likely N-dealkylation sites (N-methyl/N-ethyl adjacent to an activating group) is 1. The number of hydrogen-bond acceptors (Lipinski definition) is 2. The topological polar surface area (TPSA) is 56.7 Å². The fourth-order valence-electron chi connectivity index (χ4n) is 1.72. The number of amides is 1. The number of nitrogens with one attached hydrogen (secondary N) is 2. The van der Waals surface area contributed by atoms with Gasteiger partial charge in [0.15, 0.2) is 5.96 Å². The van der Waals surface area contributed by atoms with Crippen molar-refractivity contribution in [1.29, 1.82) is 0 Å². The van der Waals surface area contributed by atoms with Gasteiger partial charge in [0.2, 0.25) is 5.91 Å². The molecule has 0 aromatic heterocycles. The van der Waals surface area contributed by atoms with E-state index in [0.717, 1.165) is 16.6 Å². The number of hydrogen-bond donors (Lipinski definition) is 2. The Morgan fingerprint density at radius 1 is 1.36 bits per heavy atom. The Bertz CT molecular complexity index is 508. The van der Waals surface area contributed by atoms with Gasteiger partial charge in [-0.15, -0.1) is 24.0 Å². The monoisotopic (exact) mass is 482 g/mol. The van der Waals surface area contributed by atoms with E-state index in [4.69, 9.17) is 0 Å². The van der Waals surface area contributed by atoms with Gasteiger partial charge in [0, 0.05) is 25.1 Å². The molecule has 7 heteroatoms. The zero-order chi connectivity index (χ0) is 15.8. The Kier molecular flexibility index (Phi) is 10.4. The van der Waals surface area contributed by atoms with E-state index in [1.165, 1.54) is 4.90 Å². The highest BCUT2D eigenvalue weighted by atomic mass is 127. The van der Waals surface area contributed by atoms with Gasteiger partial charge in [0.25, 0.3) is 0 Å². The first kappa shape index (κ1) is 21.2. The van der Waals surface area contributed by atoms with Crippen LogP contribution in [0.2, 0.25) is 0 Å². The summed E-state index contributed by atoms with van der Waals surface area (Å²) in [5.41, 5.74) is 1.14. The van der Waals surface area contributed by atoms with Crippen LogP contribution in [0.5, 0.6) is 0 Å². The number of rotatable bonds is 5. The van der Waals surface area contributed by atoms with Crippen LogP contribution < -0.4 is 10.6 Å². The van der Waals surface area contributed by atoms with Crippen LogP contribution in [0, 0.1) is 0 Å². The number of aliphatic imine (C=N–C) groups is 1. The molecule has 1 amide bonds. The van der Waals surface area contributed by atoms with Crippen LogP contribution in [0.1, 0.15) is 25.5 Å². The van der Waals surface area contributed by atoms with E-state index < -0.39 is 0 Å². The summed E-state index contributed by atoms with van der Waals surface area (Å²) < 4.78 is 1.05. The zero-order valence-corrected chi connectivity index (χ0v) is 17.3. The molecule has 0 radical (unpaired) electrons. The second-order valence-electron chi connectivity index (χ2n) is 4.87. The van der Waals surface area contributed by atoms with Crippen molar-refractivity contribution in [2.75, 3.05) is 27.2 Å². The maximum Gasteiger partial charge on any atom is 0.243 e. The molecule has 1 aromatic rings. The molecule has 1 atom stereocenters. The quantitative estimate of drug-likeness (QED) is 0.385. The molecule has 0 saturated heterocycles. The number of guanidine groups is 1. The third-order valence-corrected chi connectivity index (χ3v) is 3.66. The van der Waals surface area contributed by atoms with Gasteiger partial charge < -0.3 is 15.5 Å². The minimum atomic E-state index is -0.0271. The molecular formula is C15H24BrIN4O. The van der Waals surface area contributed by atoms with E-state index >= 15 is 0 Å².